The van der Waals surface area contributed by atoms with Gasteiger partial charge >= 0.3 is 7.12 Å². The van der Waals surface area contributed by atoms with Crippen molar-refractivity contribution in [1.29, 1.82) is 0 Å². The number of nitrogens with two attached hydrogens (primary N) is 1. The molecule has 0 radical (unpaired) electrons. The van der Waals surface area contributed by atoms with E-state index in [1.165, 1.54) is 7.05 Å². The molecule has 0 atom stereocenters. The minimum Gasteiger partial charge on any atom is -0.491 e. The molecule has 0 aliphatic carbocycles. The van der Waals surface area contributed by atoms with E-state index in [1.807, 2.05) is 39.8 Å². The number of rotatable bonds is 0. The van der Waals surface area contributed by atoms with Gasteiger partial charge in [0.25, 0.3) is 0 Å². The Labute approximate surface area is 126 Å². The van der Waals surface area contributed by atoms with Crippen LogP contribution in [0.2, 0.25) is 5.02 Å². The molecule has 2 aliphatic rings. The average molecular weight is 300 g/mol. The topological polar surface area (TPSA) is 53.7 Å². The molecule has 4 nitrogen and oxygen atoms in total. The summed E-state index contributed by atoms with van der Waals surface area (Å²) in [5.74, 6) is 0.826. The largest absolute Gasteiger partial charge is 0.498 e. The first-order valence-electron chi connectivity index (χ1n) is 6.88. The molecule has 0 spiro atoms. The van der Waals surface area contributed by atoms with Crippen LogP contribution in [0.15, 0.2) is 12.1 Å². The Morgan fingerprint density at radius 2 is 1.90 bits per heavy atom. The molecular formula is C14H23BClNO3. The fourth-order valence-corrected chi connectivity index (χ4v) is 2.28. The molecule has 0 aromatic heterocycles. The Morgan fingerprint density at radius 3 is 2.55 bits per heavy atom. The molecule has 0 saturated heterocycles. The van der Waals surface area contributed by atoms with Gasteiger partial charge in [0.05, 0.1) is 12.2 Å². The van der Waals surface area contributed by atoms with Crippen LogP contribution in [-0.2, 0) is 15.9 Å². The number of benzene rings is 1. The third kappa shape index (κ3) is 3.47. The summed E-state index contributed by atoms with van der Waals surface area (Å²) in [6.45, 7) is 8.98. The smallest absolute Gasteiger partial charge is 0.491 e. The normalized spacial score (nSPS) is 17.6. The lowest BCUT2D eigenvalue weighted by molar-refractivity contribution is 0.0353. The minimum absolute atomic E-state index is 0.346. The van der Waals surface area contributed by atoms with Crippen LogP contribution < -0.4 is 15.9 Å². The van der Waals surface area contributed by atoms with Gasteiger partial charge in [-0.25, -0.2) is 0 Å². The van der Waals surface area contributed by atoms with Crippen LogP contribution in [0.1, 0.15) is 33.3 Å². The molecule has 2 heterocycles. The van der Waals surface area contributed by atoms with Crippen LogP contribution in [-0.4, -0.2) is 26.4 Å². The second-order valence-corrected chi connectivity index (χ2v) is 5.15. The van der Waals surface area contributed by atoms with Crippen molar-refractivity contribution in [2.24, 2.45) is 5.73 Å². The lowest BCUT2D eigenvalue weighted by Gasteiger charge is -2.24. The molecular weight excluding hydrogens is 276 g/mol. The fraction of sp³-hybridized carbons (Fsp3) is 0.571. The summed E-state index contributed by atoms with van der Waals surface area (Å²) in [7, 11) is 1.15. The van der Waals surface area contributed by atoms with Crippen LogP contribution in [0.5, 0.6) is 5.75 Å². The summed E-state index contributed by atoms with van der Waals surface area (Å²) >= 11 is 6.12. The quantitative estimate of drug-likeness (QED) is 0.747. The zero-order chi connectivity index (χ0) is 15.3. The van der Waals surface area contributed by atoms with Crippen molar-refractivity contribution in [2.45, 2.75) is 39.9 Å². The highest BCUT2D eigenvalue weighted by molar-refractivity contribution is 6.64. The third-order valence-corrected chi connectivity index (χ3v) is 3.23. The Kier molecular flexibility index (Phi) is 6.33. The highest BCUT2D eigenvalue weighted by Gasteiger charge is 2.42. The van der Waals surface area contributed by atoms with Crippen LogP contribution in [0.3, 0.4) is 0 Å². The van der Waals surface area contributed by atoms with Crippen molar-refractivity contribution in [1.82, 2.24) is 0 Å². The van der Waals surface area contributed by atoms with E-state index in [0.717, 1.165) is 16.8 Å². The highest BCUT2D eigenvalue weighted by atomic mass is 35.5. The van der Waals surface area contributed by atoms with Crippen molar-refractivity contribution < 1.29 is 14.0 Å². The fourth-order valence-electron chi connectivity index (χ4n) is 2.06. The van der Waals surface area contributed by atoms with Crippen molar-refractivity contribution in [3.8, 4) is 5.75 Å². The molecule has 20 heavy (non-hydrogen) atoms. The van der Waals surface area contributed by atoms with Gasteiger partial charge in [-0.15, -0.1) is 0 Å². The maximum Gasteiger partial charge on any atom is 0.498 e. The molecule has 0 fully saturated rings. The summed E-state index contributed by atoms with van der Waals surface area (Å²) in [5, 5.41) is 0.716. The monoisotopic (exact) mass is 299 g/mol. The minimum atomic E-state index is -0.349. The van der Waals surface area contributed by atoms with Gasteiger partial charge in [-0.3, -0.25) is 0 Å². The summed E-state index contributed by atoms with van der Waals surface area (Å²) in [4.78, 5) is 0. The first-order valence-corrected chi connectivity index (χ1v) is 7.26. The maximum absolute atomic E-state index is 6.12. The number of hydrogen-bond donors (Lipinski definition) is 1. The Hall–Kier alpha value is -0.745. The van der Waals surface area contributed by atoms with Crippen molar-refractivity contribution in [2.75, 3.05) is 13.7 Å². The average Bonchev–Trinajstić information content (AvgIpc) is 2.81. The van der Waals surface area contributed by atoms with Crippen LogP contribution >= 0.6 is 11.6 Å². The summed E-state index contributed by atoms with van der Waals surface area (Å²) in [6, 6.07) is 3.73. The molecule has 112 valence electrons. The molecule has 1 aromatic rings. The summed E-state index contributed by atoms with van der Waals surface area (Å²) in [6.07, 6.45) is 0. The lowest BCUT2D eigenvalue weighted by atomic mass is 9.77. The van der Waals surface area contributed by atoms with E-state index in [-0.39, 0.29) is 12.7 Å². The van der Waals surface area contributed by atoms with E-state index in [0.29, 0.717) is 18.2 Å². The van der Waals surface area contributed by atoms with E-state index < -0.39 is 0 Å². The molecule has 6 heteroatoms. The second kappa shape index (κ2) is 7.32. The SMILES string of the molecule is CC.CC1(C)COc2ccc(Cl)c3c2B(OC3)O1.CN. The van der Waals surface area contributed by atoms with Crippen LogP contribution in [0.25, 0.3) is 0 Å². The Balaban J connectivity index is 0.000000461. The number of hydrogen-bond acceptors (Lipinski definition) is 4. The van der Waals surface area contributed by atoms with E-state index in [2.05, 4.69) is 5.73 Å². The van der Waals surface area contributed by atoms with Gasteiger partial charge in [0.1, 0.15) is 12.4 Å². The van der Waals surface area contributed by atoms with Crippen LogP contribution in [0, 0.1) is 0 Å². The standard InChI is InChI=1S/C11H12BClO3.C2H6.CH5N/c1-11(2)6-14-9-4-3-8(13)7-5-15-12(16-11)10(7)9;2*1-2/h3-4H,5-6H2,1-2H3;1-2H3;2H2,1H3. The van der Waals surface area contributed by atoms with E-state index in [9.17, 15) is 0 Å². The van der Waals surface area contributed by atoms with Gasteiger partial charge in [-0.05, 0) is 38.6 Å². The molecule has 0 bridgehead atoms. The van der Waals surface area contributed by atoms with E-state index in [4.69, 9.17) is 25.6 Å². The number of halogens is 1. The second-order valence-electron chi connectivity index (χ2n) is 4.75. The molecule has 3 rings (SSSR count). The Bertz CT molecular complexity index is 454. The summed E-state index contributed by atoms with van der Waals surface area (Å²) in [5.41, 5.74) is 6.09. The highest BCUT2D eigenvalue weighted by Crippen LogP contribution is 2.30. The first-order chi connectivity index (χ1) is 9.57. The molecule has 0 saturated carbocycles. The van der Waals surface area contributed by atoms with Gasteiger partial charge in [0, 0.05) is 10.5 Å². The molecule has 2 aliphatic heterocycles. The Morgan fingerprint density at radius 1 is 1.25 bits per heavy atom. The molecule has 1 aromatic carbocycles. The van der Waals surface area contributed by atoms with Gasteiger partial charge in [0.2, 0.25) is 0 Å². The predicted octanol–water partition coefficient (Wildman–Crippen LogP) is 2.35. The number of ether oxygens (including phenoxy) is 1. The zero-order valence-corrected chi connectivity index (χ0v) is 13.6. The van der Waals surface area contributed by atoms with Crippen molar-refractivity contribution in [3.05, 3.63) is 22.7 Å². The first kappa shape index (κ1) is 17.3. The maximum atomic E-state index is 6.12. The third-order valence-electron chi connectivity index (χ3n) is 2.88. The van der Waals surface area contributed by atoms with Crippen molar-refractivity contribution in [3.63, 3.8) is 0 Å². The van der Waals surface area contributed by atoms with Gasteiger partial charge in [0.15, 0.2) is 0 Å². The van der Waals surface area contributed by atoms with Gasteiger partial charge in [-0.2, -0.15) is 0 Å². The molecule has 2 N–H and O–H groups in total. The summed E-state index contributed by atoms with van der Waals surface area (Å²) < 4.78 is 17.2. The lowest BCUT2D eigenvalue weighted by Crippen LogP contribution is -2.40. The molecule has 0 amide bonds. The van der Waals surface area contributed by atoms with Gasteiger partial charge in [-0.1, -0.05) is 25.4 Å². The predicted molar refractivity (Wildman–Crippen MR) is 83.7 cm³/mol. The zero-order valence-electron chi connectivity index (χ0n) is 12.8. The van der Waals surface area contributed by atoms with E-state index >= 15 is 0 Å². The van der Waals surface area contributed by atoms with Crippen LogP contribution in [0.4, 0.5) is 0 Å². The molecule has 0 unspecified atom stereocenters. The van der Waals surface area contributed by atoms with Crippen molar-refractivity contribution >= 4 is 24.2 Å². The van der Waals surface area contributed by atoms with Gasteiger partial charge < -0.3 is 19.8 Å². The van der Waals surface area contributed by atoms with E-state index in [1.54, 1.807) is 0 Å².